The van der Waals surface area contributed by atoms with E-state index >= 15 is 0 Å². The number of esters is 1. The van der Waals surface area contributed by atoms with Crippen molar-refractivity contribution < 1.29 is 14.3 Å². The molecule has 2 aromatic rings. The van der Waals surface area contributed by atoms with Crippen LogP contribution in [-0.2, 0) is 4.74 Å². The van der Waals surface area contributed by atoms with Crippen molar-refractivity contribution in [3.63, 3.8) is 0 Å². The number of carbonyl (C=O) groups is 2. The molecule has 2 N–H and O–H groups in total. The van der Waals surface area contributed by atoms with E-state index < -0.39 is 5.97 Å². The van der Waals surface area contributed by atoms with Gasteiger partial charge in [-0.25, -0.2) is 9.78 Å². The highest BCUT2D eigenvalue weighted by atomic mass is 32.1. The Morgan fingerprint density at radius 2 is 2.10 bits per heavy atom. The van der Waals surface area contributed by atoms with Crippen molar-refractivity contribution in [3.05, 3.63) is 33.6 Å². The van der Waals surface area contributed by atoms with Gasteiger partial charge in [0.25, 0.3) is 5.91 Å². The van der Waals surface area contributed by atoms with Crippen molar-refractivity contribution in [3.8, 4) is 0 Å². The van der Waals surface area contributed by atoms with Crippen molar-refractivity contribution in [2.45, 2.75) is 27.7 Å². The quantitative estimate of drug-likeness (QED) is 0.851. The summed E-state index contributed by atoms with van der Waals surface area (Å²) >= 11 is 1.36. The number of ether oxygens (including phenoxy) is 1. The Balaban J connectivity index is 2.26. The summed E-state index contributed by atoms with van der Waals surface area (Å²) in [5.74, 6) is -0.742. The van der Waals surface area contributed by atoms with E-state index in [1.165, 1.54) is 11.3 Å². The minimum absolute atomic E-state index is 0.294. The molecule has 112 valence electrons. The van der Waals surface area contributed by atoms with Crippen LogP contribution in [0.2, 0.25) is 0 Å². The maximum atomic E-state index is 12.3. The summed E-state index contributed by atoms with van der Waals surface area (Å²) in [6.45, 7) is 7.35. The van der Waals surface area contributed by atoms with E-state index in [0.717, 1.165) is 5.69 Å². The molecule has 0 aromatic carbocycles. The van der Waals surface area contributed by atoms with Crippen LogP contribution in [0.25, 0.3) is 0 Å². The molecule has 1 amide bonds. The number of anilines is 1. The number of H-pyrrole nitrogens is 1. The van der Waals surface area contributed by atoms with E-state index in [4.69, 9.17) is 4.74 Å². The fraction of sp³-hybridized carbons (Fsp3) is 0.357. The molecule has 0 atom stereocenters. The average molecular weight is 307 g/mol. The van der Waals surface area contributed by atoms with Crippen LogP contribution in [0.4, 0.5) is 5.13 Å². The Bertz CT molecular complexity index is 688. The van der Waals surface area contributed by atoms with Crippen LogP contribution < -0.4 is 5.32 Å². The highest BCUT2D eigenvalue weighted by Gasteiger charge is 2.23. The highest BCUT2D eigenvalue weighted by molar-refractivity contribution is 7.13. The van der Waals surface area contributed by atoms with Crippen LogP contribution in [0.15, 0.2) is 5.38 Å². The second-order valence-electron chi connectivity index (χ2n) is 4.59. The average Bonchev–Trinajstić information content (AvgIpc) is 2.93. The summed E-state index contributed by atoms with van der Waals surface area (Å²) in [4.78, 5) is 31.3. The van der Waals surface area contributed by atoms with Gasteiger partial charge in [-0.1, -0.05) is 0 Å². The van der Waals surface area contributed by atoms with E-state index in [9.17, 15) is 9.59 Å². The standard InChI is InChI=1S/C14H17N3O3S/c1-5-20-13(19)10-8(3)11(16-9(10)4)12(18)17-14-15-7(2)6-21-14/h6,16H,5H2,1-4H3,(H,15,17,18). The van der Waals surface area contributed by atoms with Gasteiger partial charge in [0.2, 0.25) is 0 Å². The number of hydrogen-bond donors (Lipinski definition) is 2. The molecule has 2 aromatic heterocycles. The lowest BCUT2D eigenvalue weighted by Crippen LogP contribution is -2.14. The monoisotopic (exact) mass is 307 g/mol. The first-order valence-corrected chi connectivity index (χ1v) is 7.41. The van der Waals surface area contributed by atoms with Crippen LogP contribution >= 0.6 is 11.3 Å². The maximum absolute atomic E-state index is 12.3. The molecule has 2 rings (SSSR count). The Morgan fingerprint density at radius 3 is 2.67 bits per heavy atom. The molecular weight excluding hydrogens is 290 g/mol. The molecular formula is C14H17N3O3S. The number of aromatic amines is 1. The van der Waals surface area contributed by atoms with Gasteiger partial charge in [-0.05, 0) is 33.3 Å². The second kappa shape index (κ2) is 6.09. The number of nitrogens with one attached hydrogen (secondary N) is 2. The smallest absolute Gasteiger partial charge is 0.340 e. The molecule has 2 heterocycles. The predicted molar refractivity (Wildman–Crippen MR) is 81.0 cm³/mol. The molecule has 0 saturated carbocycles. The number of carbonyl (C=O) groups excluding carboxylic acids is 2. The van der Waals surface area contributed by atoms with Gasteiger partial charge in [-0.3, -0.25) is 10.1 Å². The first kappa shape index (κ1) is 15.2. The van der Waals surface area contributed by atoms with E-state index in [-0.39, 0.29) is 5.91 Å². The number of nitrogens with zero attached hydrogens (tertiary/aromatic N) is 1. The Kier molecular flexibility index (Phi) is 4.42. The highest BCUT2D eigenvalue weighted by Crippen LogP contribution is 2.21. The zero-order chi connectivity index (χ0) is 15.6. The topological polar surface area (TPSA) is 84.1 Å². The molecule has 6 nitrogen and oxygen atoms in total. The molecule has 0 spiro atoms. The largest absolute Gasteiger partial charge is 0.462 e. The van der Waals surface area contributed by atoms with Crippen LogP contribution in [0, 0.1) is 20.8 Å². The van der Waals surface area contributed by atoms with Crippen LogP contribution in [0.1, 0.15) is 44.7 Å². The Hall–Kier alpha value is -2.15. The molecule has 0 aliphatic rings. The lowest BCUT2D eigenvalue weighted by molar-refractivity contribution is 0.0525. The lowest BCUT2D eigenvalue weighted by atomic mass is 10.1. The number of aromatic nitrogens is 2. The molecule has 0 saturated heterocycles. The summed E-state index contributed by atoms with van der Waals surface area (Å²) in [6, 6.07) is 0. The fourth-order valence-corrected chi connectivity index (χ4v) is 2.74. The summed E-state index contributed by atoms with van der Waals surface area (Å²) < 4.78 is 5.00. The summed E-state index contributed by atoms with van der Waals surface area (Å²) in [7, 11) is 0. The van der Waals surface area contributed by atoms with Crippen LogP contribution in [0.3, 0.4) is 0 Å². The predicted octanol–water partition coefficient (Wildman–Crippen LogP) is 2.83. The molecule has 0 bridgehead atoms. The van der Waals surface area contributed by atoms with E-state index in [1.54, 1.807) is 20.8 Å². The van der Waals surface area contributed by atoms with Crippen LogP contribution in [0.5, 0.6) is 0 Å². The second-order valence-corrected chi connectivity index (χ2v) is 5.45. The number of aryl methyl sites for hydroxylation is 2. The summed E-state index contributed by atoms with van der Waals surface area (Å²) in [5, 5.41) is 5.10. The van der Waals surface area contributed by atoms with Gasteiger partial charge in [0.05, 0.1) is 17.9 Å². The minimum Gasteiger partial charge on any atom is -0.462 e. The third-order valence-corrected chi connectivity index (χ3v) is 3.86. The molecule has 21 heavy (non-hydrogen) atoms. The molecule has 0 radical (unpaired) electrons. The third kappa shape index (κ3) is 3.13. The van der Waals surface area contributed by atoms with Gasteiger partial charge in [-0.2, -0.15) is 0 Å². The van der Waals surface area contributed by atoms with Crippen LogP contribution in [-0.4, -0.2) is 28.5 Å². The van der Waals surface area contributed by atoms with Crippen molar-refractivity contribution in [2.24, 2.45) is 0 Å². The van der Waals surface area contributed by atoms with Gasteiger partial charge in [0, 0.05) is 11.1 Å². The minimum atomic E-state index is -0.423. The normalized spacial score (nSPS) is 10.5. The molecule has 7 heteroatoms. The van der Waals surface area contributed by atoms with Crippen molar-refractivity contribution in [1.82, 2.24) is 9.97 Å². The van der Waals surface area contributed by atoms with E-state index in [2.05, 4.69) is 15.3 Å². The molecule has 0 fully saturated rings. The van der Waals surface area contributed by atoms with E-state index in [0.29, 0.717) is 34.3 Å². The SMILES string of the molecule is CCOC(=O)c1c(C)[nH]c(C(=O)Nc2nc(C)cs2)c1C. The van der Waals surface area contributed by atoms with Crippen molar-refractivity contribution in [2.75, 3.05) is 11.9 Å². The lowest BCUT2D eigenvalue weighted by Gasteiger charge is -2.03. The zero-order valence-electron chi connectivity index (χ0n) is 12.4. The zero-order valence-corrected chi connectivity index (χ0v) is 13.2. The number of rotatable bonds is 4. The number of thiazole rings is 1. The van der Waals surface area contributed by atoms with Gasteiger partial charge in [-0.15, -0.1) is 11.3 Å². The first-order chi connectivity index (χ1) is 9.93. The van der Waals surface area contributed by atoms with Crippen molar-refractivity contribution in [1.29, 1.82) is 0 Å². The van der Waals surface area contributed by atoms with Gasteiger partial charge >= 0.3 is 5.97 Å². The van der Waals surface area contributed by atoms with Gasteiger partial charge < -0.3 is 9.72 Å². The number of amides is 1. The van der Waals surface area contributed by atoms with Gasteiger partial charge in [0.1, 0.15) is 5.69 Å². The summed E-state index contributed by atoms with van der Waals surface area (Å²) in [5.41, 5.74) is 2.81. The molecule has 0 aliphatic heterocycles. The molecule has 0 aliphatic carbocycles. The number of hydrogen-bond acceptors (Lipinski definition) is 5. The van der Waals surface area contributed by atoms with Gasteiger partial charge in [0.15, 0.2) is 5.13 Å². The summed E-state index contributed by atoms with van der Waals surface area (Å²) in [6.07, 6.45) is 0. The Morgan fingerprint density at radius 1 is 1.38 bits per heavy atom. The Labute approximate surface area is 126 Å². The van der Waals surface area contributed by atoms with E-state index in [1.807, 2.05) is 12.3 Å². The first-order valence-electron chi connectivity index (χ1n) is 6.53. The maximum Gasteiger partial charge on any atom is 0.340 e. The fourth-order valence-electron chi connectivity index (χ4n) is 2.06. The third-order valence-electron chi connectivity index (χ3n) is 2.98. The molecule has 0 unspecified atom stereocenters. The van der Waals surface area contributed by atoms with Crippen molar-refractivity contribution >= 4 is 28.3 Å².